The molecule has 0 fully saturated rings. The number of Topliss-reactive ketones (excluding diaryl/α,β-unsaturated/α-hetero) is 1. The highest BCUT2D eigenvalue weighted by atomic mass is 35.5. The van der Waals surface area contributed by atoms with Crippen LogP contribution in [0.5, 0.6) is 0 Å². The molecule has 0 spiro atoms. The van der Waals surface area contributed by atoms with Gasteiger partial charge in [-0.05, 0) is 24.6 Å². The number of ketones is 1. The van der Waals surface area contributed by atoms with Gasteiger partial charge in [-0.2, -0.15) is 0 Å². The molecule has 0 bridgehead atoms. The van der Waals surface area contributed by atoms with E-state index in [2.05, 4.69) is 0 Å². The lowest BCUT2D eigenvalue weighted by Crippen LogP contribution is -2.18. The van der Waals surface area contributed by atoms with Gasteiger partial charge in [0.25, 0.3) is 0 Å². The molecule has 0 amide bonds. The number of carboxylic acids is 1. The van der Waals surface area contributed by atoms with Gasteiger partial charge in [0.2, 0.25) is 0 Å². The first-order valence-corrected chi connectivity index (χ1v) is 5.54. The smallest absolute Gasteiger partial charge is 0.317 e. The predicted octanol–water partition coefficient (Wildman–Crippen LogP) is 3.30. The van der Waals surface area contributed by atoms with Gasteiger partial charge >= 0.3 is 5.97 Å². The van der Waals surface area contributed by atoms with Gasteiger partial charge in [-0.25, -0.2) is 0 Å². The molecule has 1 unspecified atom stereocenters. The number of hydrogen-bond acceptors (Lipinski definition) is 2. The molecule has 0 aliphatic carbocycles. The molecule has 1 N–H and O–H groups in total. The number of carbonyl (C=O) groups excluding carboxylic acids is 1. The van der Waals surface area contributed by atoms with Crippen molar-refractivity contribution in [1.29, 1.82) is 0 Å². The Morgan fingerprint density at radius 3 is 2.41 bits per heavy atom. The topological polar surface area (TPSA) is 54.4 Å². The quantitative estimate of drug-likeness (QED) is 0.856. The summed E-state index contributed by atoms with van der Waals surface area (Å²) in [5.74, 6) is -2.73. The van der Waals surface area contributed by atoms with Crippen molar-refractivity contribution in [3.8, 4) is 0 Å². The molecule has 0 aromatic heterocycles. The summed E-state index contributed by atoms with van der Waals surface area (Å²) in [7, 11) is 0. The van der Waals surface area contributed by atoms with Gasteiger partial charge in [0.1, 0.15) is 11.7 Å². The lowest BCUT2D eigenvalue weighted by molar-refractivity contribution is -0.143. The van der Waals surface area contributed by atoms with E-state index in [1.807, 2.05) is 0 Å². The fourth-order valence-electron chi connectivity index (χ4n) is 1.22. The molecule has 90 valence electrons. The van der Waals surface area contributed by atoms with Crippen molar-refractivity contribution in [3.05, 3.63) is 39.9 Å². The summed E-state index contributed by atoms with van der Waals surface area (Å²) in [5.41, 5.74) is 0.687. The van der Waals surface area contributed by atoms with E-state index in [0.717, 1.165) is 0 Å². The van der Waals surface area contributed by atoms with Crippen molar-refractivity contribution >= 4 is 41.0 Å². The van der Waals surface area contributed by atoms with Gasteiger partial charge in [0.15, 0.2) is 0 Å². The minimum atomic E-state index is -1.17. The normalized spacial score (nSPS) is 12.6. The van der Waals surface area contributed by atoms with Crippen molar-refractivity contribution in [1.82, 2.24) is 0 Å². The summed E-state index contributed by atoms with van der Waals surface area (Å²) in [5, 5.41) is 9.60. The van der Waals surface area contributed by atoms with E-state index in [0.29, 0.717) is 15.6 Å². The van der Waals surface area contributed by atoms with Crippen LogP contribution in [0.3, 0.4) is 0 Å². The van der Waals surface area contributed by atoms with Crippen LogP contribution in [-0.2, 0) is 9.59 Å². The lowest BCUT2D eigenvalue weighted by atomic mass is 10.0. The average Bonchev–Trinajstić information content (AvgIpc) is 2.22. The highest BCUT2D eigenvalue weighted by Gasteiger charge is 2.18. The first-order chi connectivity index (χ1) is 7.91. The zero-order valence-corrected chi connectivity index (χ0v) is 10.5. The second kappa shape index (κ2) is 5.84. The summed E-state index contributed by atoms with van der Waals surface area (Å²) in [6.45, 7) is 1.23. The molecule has 0 saturated carbocycles. The summed E-state index contributed by atoms with van der Waals surface area (Å²) < 4.78 is 0. The van der Waals surface area contributed by atoms with Crippen molar-refractivity contribution in [3.63, 3.8) is 0 Å². The number of carbonyl (C=O) groups is 2. The van der Waals surface area contributed by atoms with E-state index in [9.17, 15) is 9.59 Å². The standard InChI is InChI=1S/C12H10Cl2O3/c1-7(15)9(12(16)17)4-2-8-3-5-10(13)11(14)6-8/h2-6,9H,1H3,(H,16,17). The second-order valence-corrected chi connectivity index (χ2v) is 4.27. The first-order valence-electron chi connectivity index (χ1n) is 4.78. The monoisotopic (exact) mass is 272 g/mol. The molecule has 0 aliphatic heterocycles. The molecule has 1 atom stereocenters. The fourth-order valence-corrected chi connectivity index (χ4v) is 1.52. The lowest BCUT2D eigenvalue weighted by Gasteiger charge is -2.02. The Morgan fingerprint density at radius 1 is 1.29 bits per heavy atom. The third-order valence-electron chi connectivity index (χ3n) is 2.13. The Balaban J connectivity index is 2.92. The average molecular weight is 273 g/mol. The number of hydrogen-bond donors (Lipinski definition) is 1. The van der Waals surface area contributed by atoms with Crippen LogP contribution in [0.2, 0.25) is 10.0 Å². The Morgan fingerprint density at radius 2 is 1.94 bits per heavy atom. The molecule has 1 aromatic carbocycles. The van der Waals surface area contributed by atoms with E-state index in [-0.39, 0.29) is 0 Å². The van der Waals surface area contributed by atoms with Crippen molar-refractivity contribution < 1.29 is 14.7 Å². The molecular weight excluding hydrogens is 263 g/mol. The predicted molar refractivity (Wildman–Crippen MR) is 67.3 cm³/mol. The van der Waals surface area contributed by atoms with Crippen molar-refractivity contribution in [2.75, 3.05) is 0 Å². The van der Waals surface area contributed by atoms with Crippen LogP contribution in [0.15, 0.2) is 24.3 Å². The minimum absolute atomic E-state index is 0.378. The highest BCUT2D eigenvalue weighted by molar-refractivity contribution is 6.42. The van der Waals surface area contributed by atoms with Gasteiger partial charge in [-0.15, -0.1) is 0 Å². The fraction of sp³-hybridized carbons (Fsp3) is 0.167. The second-order valence-electron chi connectivity index (χ2n) is 3.46. The van der Waals surface area contributed by atoms with Crippen LogP contribution < -0.4 is 0 Å². The maximum absolute atomic E-state index is 11.0. The molecular formula is C12H10Cl2O3. The molecule has 17 heavy (non-hydrogen) atoms. The van der Waals surface area contributed by atoms with Crippen LogP contribution in [0.1, 0.15) is 12.5 Å². The molecule has 5 heteroatoms. The molecule has 0 aliphatic rings. The molecule has 0 radical (unpaired) electrons. The van der Waals surface area contributed by atoms with Gasteiger partial charge in [-0.3, -0.25) is 9.59 Å². The third-order valence-corrected chi connectivity index (χ3v) is 2.87. The zero-order chi connectivity index (χ0) is 13.0. The Hall–Kier alpha value is -1.32. The van der Waals surface area contributed by atoms with E-state index in [1.165, 1.54) is 19.1 Å². The van der Waals surface area contributed by atoms with Crippen LogP contribution in [0.4, 0.5) is 0 Å². The van der Waals surface area contributed by atoms with Crippen LogP contribution in [0.25, 0.3) is 6.08 Å². The van der Waals surface area contributed by atoms with Crippen LogP contribution in [-0.4, -0.2) is 16.9 Å². The van der Waals surface area contributed by atoms with E-state index < -0.39 is 17.7 Å². The summed E-state index contributed by atoms with van der Waals surface area (Å²) >= 11 is 11.5. The molecule has 3 nitrogen and oxygen atoms in total. The number of rotatable bonds is 4. The molecule has 1 aromatic rings. The molecule has 0 saturated heterocycles. The van der Waals surface area contributed by atoms with E-state index >= 15 is 0 Å². The third kappa shape index (κ3) is 3.88. The zero-order valence-electron chi connectivity index (χ0n) is 8.98. The number of halogens is 2. The SMILES string of the molecule is CC(=O)C(C=Cc1ccc(Cl)c(Cl)c1)C(=O)O. The number of aliphatic carboxylic acids is 1. The summed E-state index contributed by atoms with van der Waals surface area (Å²) in [6, 6.07) is 4.89. The van der Waals surface area contributed by atoms with Crippen LogP contribution in [0, 0.1) is 5.92 Å². The number of benzene rings is 1. The van der Waals surface area contributed by atoms with Gasteiger partial charge in [0.05, 0.1) is 10.0 Å². The summed E-state index contributed by atoms with van der Waals surface area (Å²) in [4.78, 5) is 21.8. The van der Waals surface area contributed by atoms with Gasteiger partial charge in [0, 0.05) is 0 Å². The maximum Gasteiger partial charge on any atom is 0.317 e. The molecule has 1 rings (SSSR count). The molecule has 0 heterocycles. The van der Waals surface area contributed by atoms with Crippen LogP contribution >= 0.6 is 23.2 Å². The van der Waals surface area contributed by atoms with Crippen molar-refractivity contribution in [2.45, 2.75) is 6.92 Å². The highest BCUT2D eigenvalue weighted by Crippen LogP contribution is 2.23. The summed E-state index contributed by atoms with van der Waals surface area (Å²) in [6.07, 6.45) is 2.85. The van der Waals surface area contributed by atoms with Gasteiger partial charge < -0.3 is 5.11 Å². The largest absolute Gasteiger partial charge is 0.480 e. The Kier molecular flexibility index (Phi) is 4.73. The Labute approximate surface area is 109 Å². The minimum Gasteiger partial charge on any atom is -0.480 e. The van der Waals surface area contributed by atoms with Gasteiger partial charge in [-0.1, -0.05) is 41.4 Å². The number of carboxylic acid groups (broad SMARTS) is 1. The van der Waals surface area contributed by atoms with E-state index in [4.69, 9.17) is 28.3 Å². The van der Waals surface area contributed by atoms with E-state index in [1.54, 1.807) is 18.2 Å². The first kappa shape index (κ1) is 13.7. The Bertz CT molecular complexity index is 467. The van der Waals surface area contributed by atoms with Crippen molar-refractivity contribution in [2.24, 2.45) is 5.92 Å². The maximum atomic E-state index is 11.0.